The summed E-state index contributed by atoms with van der Waals surface area (Å²) in [6.45, 7) is 13.1. The lowest BCUT2D eigenvalue weighted by Gasteiger charge is -2.34. The van der Waals surface area contributed by atoms with E-state index in [0.29, 0.717) is 12.1 Å². The van der Waals surface area contributed by atoms with E-state index in [1.807, 2.05) is 18.2 Å². The normalized spacial score (nSPS) is 17.7. The topological polar surface area (TPSA) is 73.8 Å². The molecule has 8 nitrogen and oxygen atoms in total. The zero-order chi connectivity index (χ0) is 23.9. The number of carbonyl (C=O) groups is 1. The molecule has 1 aromatic carbocycles. The summed E-state index contributed by atoms with van der Waals surface area (Å²) in [5.74, 6) is 1.75. The van der Waals surface area contributed by atoms with Crippen LogP contribution in [0.3, 0.4) is 0 Å². The van der Waals surface area contributed by atoms with Crippen LogP contribution in [0.1, 0.15) is 27.2 Å². The third kappa shape index (κ3) is 6.69. The Balaban J connectivity index is 1.33. The van der Waals surface area contributed by atoms with Gasteiger partial charge in [0.1, 0.15) is 5.82 Å². The number of ether oxygens (including phenoxy) is 1. The van der Waals surface area contributed by atoms with Crippen molar-refractivity contribution in [2.24, 2.45) is 0 Å². The molecule has 0 saturated carbocycles. The van der Waals surface area contributed by atoms with E-state index in [9.17, 15) is 4.79 Å². The second-order valence-corrected chi connectivity index (χ2v) is 9.97. The van der Waals surface area contributed by atoms with Crippen molar-refractivity contribution >= 4 is 23.5 Å². The van der Waals surface area contributed by atoms with E-state index in [4.69, 9.17) is 14.7 Å². The van der Waals surface area contributed by atoms with Gasteiger partial charge in [0.15, 0.2) is 5.16 Å². The van der Waals surface area contributed by atoms with E-state index < -0.39 is 0 Å². The zero-order valence-electron chi connectivity index (χ0n) is 20.5. The maximum absolute atomic E-state index is 12.6. The zero-order valence-corrected chi connectivity index (χ0v) is 21.4. The van der Waals surface area contributed by atoms with Gasteiger partial charge in [-0.1, -0.05) is 23.9 Å². The smallest absolute Gasteiger partial charge is 0.251 e. The van der Waals surface area contributed by atoms with E-state index in [1.165, 1.54) is 0 Å². The van der Waals surface area contributed by atoms with Crippen LogP contribution in [0.2, 0.25) is 0 Å². The Morgan fingerprint density at radius 3 is 2.62 bits per heavy atom. The van der Waals surface area contributed by atoms with Crippen molar-refractivity contribution in [1.29, 1.82) is 0 Å². The lowest BCUT2D eigenvalue weighted by Crippen LogP contribution is -2.45. The number of carbonyl (C=O) groups excluding carboxylic acids is 1. The van der Waals surface area contributed by atoms with Crippen LogP contribution < -0.4 is 10.2 Å². The SMILES string of the molecule is Cc1nc(SCc2cccc(C(=O)NCCN3CCOCC3)c2)nc(N2CCN(C)CC2)c1C. The van der Waals surface area contributed by atoms with Gasteiger partial charge < -0.3 is 19.9 Å². The average Bonchev–Trinajstić information content (AvgIpc) is 2.86. The van der Waals surface area contributed by atoms with Gasteiger partial charge >= 0.3 is 0 Å². The van der Waals surface area contributed by atoms with Gasteiger partial charge in [-0.15, -0.1) is 0 Å². The number of piperazine rings is 1. The number of hydrogen-bond acceptors (Lipinski definition) is 8. The highest BCUT2D eigenvalue weighted by molar-refractivity contribution is 7.98. The van der Waals surface area contributed by atoms with Crippen molar-refractivity contribution < 1.29 is 9.53 Å². The Morgan fingerprint density at radius 2 is 1.85 bits per heavy atom. The van der Waals surface area contributed by atoms with Gasteiger partial charge in [0, 0.05) is 74.9 Å². The minimum absolute atomic E-state index is 0.0279. The van der Waals surface area contributed by atoms with Crippen LogP contribution in [0.5, 0.6) is 0 Å². The summed E-state index contributed by atoms with van der Waals surface area (Å²) in [4.78, 5) is 29.3. The van der Waals surface area contributed by atoms with Crippen LogP contribution >= 0.6 is 11.8 Å². The number of morpholine rings is 1. The maximum Gasteiger partial charge on any atom is 0.251 e. The van der Waals surface area contributed by atoms with E-state index in [0.717, 1.165) is 92.6 Å². The molecule has 3 heterocycles. The number of benzene rings is 1. The molecule has 0 atom stereocenters. The molecule has 2 fully saturated rings. The van der Waals surface area contributed by atoms with Crippen molar-refractivity contribution in [3.8, 4) is 0 Å². The van der Waals surface area contributed by atoms with Crippen LogP contribution in [-0.4, -0.2) is 98.3 Å². The predicted octanol–water partition coefficient (Wildman–Crippen LogP) is 2.20. The number of anilines is 1. The fourth-order valence-electron chi connectivity index (χ4n) is 4.18. The summed E-state index contributed by atoms with van der Waals surface area (Å²) in [5, 5.41) is 3.84. The Bertz CT molecular complexity index is 974. The van der Waals surface area contributed by atoms with Crippen molar-refractivity contribution in [3.63, 3.8) is 0 Å². The van der Waals surface area contributed by atoms with Crippen molar-refractivity contribution in [1.82, 2.24) is 25.1 Å². The maximum atomic E-state index is 12.6. The van der Waals surface area contributed by atoms with Gasteiger partial charge in [0.05, 0.1) is 13.2 Å². The number of amides is 1. The largest absolute Gasteiger partial charge is 0.379 e. The molecule has 1 N–H and O–H groups in total. The van der Waals surface area contributed by atoms with Gasteiger partial charge in [-0.05, 0) is 38.6 Å². The van der Waals surface area contributed by atoms with Crippen molar-refractivity contribution in [2.45, 2.75) is 24.8 Å². The first kappa shape index (κ1) is 24.9. The lowest BCUT2D eigenvalue weighted by atomic mass is 10.1. The summed E-state index contributed by atoms with van der Waals surface area (Å²) < 4.78 is 5.37. The molecule has 2 aliphatic heterocycles. The molecule has 9 heteroatoms. The molecule has 1 amide bonds. The van der Waals surface area contributed by atoms with Crippen LogP contribution in [0.25, 0.3) is 0 Å². The third-order valence-corrected chi connectivity index (χ3v) is 7.44. The highest BCUT2D eigenvalue weighted by Gasteiger charge is 2.19. The molecule has 4 rings (SSSR count). The van der Waals surface area contributed by atoms with E-state index >= 15 is 0 Å². The van der Waals surface area contributed by atoms with Gasteiger partial charge in [0.2, 0.25) is 0 Å². The molecular weight excluding hydrogens is 448 g/mol. The molecule has 184 valence electrons. The molecule has 34 heavy (non-hydrogen) atoms. The Hall–Kier alpha value is -2.20. The van der Waals surface area contributed by atoms with Gasteiger partial charge in [-0.25, -0.2) is 9.97 Å². The first-order valence-corrected chi connectivity index (χ1v) is 13.1. The number of nitrogens with zero attached hydrogens (tertiary/aromatic N) is 5. The lowest BCUT2D eigenvalue weighted by molar-refractivity contribution is 0.0383. The number of hydrogen-bond donors (Lipinski definition) is 1. The molecule has 0 spiro atoms. The van der Waals surface area contributed by atoms with Crippen LogP contribution in [0.15, 0.2) is 29.4 Å². The summed E-state index contributed by atoms with van der Waals surface area (Å²) in [5.41, 5.74) is 3.97. The van der Waals surface area contributed by atoms with Crippen LogP contribution in [0, 0.1) is 13.8 Å². The minimum atomic E-state index is -0.0279. The second-order valence-electron chi connectivity index (χ2n) is 9.03. The summed E-state index contributed by atoms with van der Waals surface area (Å²) >= 11 is 1.62. The number of thioether (sulfide) groups is 1. The quantitative estimate of drug-likeness (QED) is 0.452. The first-order valence-electron chi connectivity index (χ1n) is 12.1. The minimum Gasteiger partial charge on any atom is -0.379 e. The Kier molecular flexibility index (Phi) is 8.77. The highest BCUT2D eigenvalue weighted by atomic mass is 32.2. The molecule has 0 unspecified atom stereocenters. The molecule has 0 aliphatic carbocycles. The van der Waals surface area contributed by atoms with Crippen LogP contribution in [0.4, 0.5) is 5.82 Å². The van der Waals surface area contributed by atoms with Gasteiger partial charge in [-0.3, -0.25) is 9.69 Å². The van der Waals surface area contributed by atoms with E-state index in [-0.39, 0.29) is 5.91 Å². The standard InChI is InChI=1S/C25H36N6O2S/c1-19-20(2)27-25(28-23(19)31-11-9-29(3)10-12-31)34-18-21-5-4-6-22(17-21)24(32)26-7-8-30-13-15-33-16-14-30/h4-6,17H,7-16,18H2,1-3H3,(H,26,32). The summed E-state index contributed by atoms with van der Waals surface area (Å²) in [7, 11) is 2.16. The summed E-state index contributed by atoms with van der Waals surface area (Å²) in [6.07, 6.45) is 0. The number of nitrogens with one attached hydrogen (secondary N) is 1. The first-order chi connectivity index (χ1) is 16.5. The fourth-order valence-corrected chi connectivity index (χ4v) is 5.01. The van der Waals surface area contributed by atoms with Gasteiger partial charge in [-0.2, -0.15) is 0 Å². The van der Waals surface area contributed by atoms with E-state index in [2.05, 4.69) is 47.0 Å². The third-order valence-electron chi connectivity index (χ3n) is 6.52. The molecule has 2 saturated heterocycles. The average molecular weight is 485 g/mol. The number of rotatable bonds is 8. The molecule has 0 radical (unpaired) electrons. The fraction of sp³-hybridized carbons (Fsp3) is 0.560. The van der Waals surface area contributed by atoms with Crippen molar-refractivity contribution in [3.05, 3.63) is 46.6 Å². The van der Waals surface area contributed by atoms with Gasteiger partial charge in [0.25, 0.3) is 5.91 Å². The molecule has 2 aliphatic rings. The Morgan fingerprint density at radius 1 is 1.09 bits per heavy atom. The second kappa shape index (κ2) is 12.0. The Labute approximate surface area is 207 Å². The molecule has 1 aromatic heterocycles. The van der Waals surface area contributed by atoms with Crippen molar-refractivity contribution in [2.75, 3.05) is 77.5 Å². The predicted molar refractivity (Wildman–Crippen MR) is 137 cm³/mol. The molecular formula is C25H36N6O2S. The van der Waals surface area contributed by atoms with E-state index in [1.54, 1.807) is 11.8 Å². The highest BCUT2D eigenvalue weighted by Crippen LogP contribution is 2.27. The number of likely N-dealkylation sites (N-methyl/N-ethyl adjacent to an activating group) is 1. The number of aromatic nitrogens is 2. The monoisotopic (exact) mass is 484 g/mol. The number of aryl methyl sites for hydroxylation is 1. The molecule has 0 bridgehead atoms. The summed E-state index contributed by atoms with van der Waals surface area (Å²) in [6, 6.07) is 7.85. The van der Waals surface area contributed by atoms with Crippen LogP contribution in [-0.2, 0) is 10.5 Å². The molecule has 2 aromatic rings.